The Morgan fingerprint density at radius 3 is 3.17 bits per heavy atom. The van der Waals surface area contributed by atoms with Crippen LogP contribution in [0.5, 0.6) is 0 Å². The maximum Gasteiger partial charge on any atom is 0.231 e. The first-order chi connectivity index (χ1) is 8.69. The van der Waals surface area contributed by atoms with Crippen LogP contribution < -0.4 is 5.32 Å². The molecule has 1 amide bonds. The number of carbonyl (C=O) groups excluding carboxylic acids is 2. The van der Waals surface area contributed by atoms with Gasteiger partial charge in [0, 0.05) is 17.6 Å². The van der Waals surface area contributed by atoms with Crippen molar-refractivity contribution < 1.29 is 9.59 Å². The Morgan fingerprint density at radius 2 is 2.56 bits per heavy atom. The maximum absolute atomic E-state index is 11.7. The molecule has 1 fully saturated rings. The number of hydrogen-bond acceptors (Lipinski definition) is 5. The number of H-pyrrole nitrogens is 1. The van der Waals surface area contributed by atoms with Crippen LogP contribution in [0.1, 0.15) is 19.0 Å². The number of thioether (sulfide) groups is 2. The minimum atomic E-state index is -0.300. The Kier molecular flexibility index (Phi) is 4.71. The summed E-state index contributed by atoms with van der Waals surface area (Å²) in [5.41, 5.74) is 1.06. The lowest BCUT2D eigenvalue weighted by molar-refractivity contribution is -0.122. The van der Waals surface area contributed by atoms with Crippen LogP contribution in [-0.4, -0.2) is 38.5 Å². The molecule has 1 saturated heterocycles. The van der Waals surface area contributed by atoms with Crippen LogP contribution in [0.4, 0.5) is 0 Å². The molecule has 98 valence electrons. The van der Waals surface area contributed by atoms with Gasteiger partial charge in [0.05, 0.1) is 11.8 Å². The first-order valence-electron chi connectivity index (χ1n) is 5.81. The second-order valence-electron chi connectivity index (χ2n) is 3.93. The van der Waals surface area contributed by atoms with Gasteiger partial charge < -0.3 is 10.3 Å². The number of rotatable bonds is 5. The van der Waals surface area contributed by atoms with Crippen molar-refractivity contribution in [3.8, 4) is 0 Å². The van der Waals surface area contributed by atoms with Crippen LogP contribution in [0.2, 0.25) is 0 Å². The summed E-state index contributed by atoms with van der Waals surface area (Å²) in [7, 11) is 0. The van der Waals surface area contributed by atoms with E-state index in [1.807, 2.05) is 6.92 Å². The Balaban J connectivity index is 1.76. The Bertz CT molecular complexity index is 447. The maximum atomic E-state index is 11.7. The number of nitrogens with one attached hydrogen (secondary N) is 2. The molecule has 18 heavy (non-hydrogen) atoms. The first kappa shape index (κ1) is 13.5. The van der Waals surface area contributed by atoms with Crippen LogP contribution in [0.25, 0.3) is 0 Å². The van der Waals surface area contributed by atoms with E-state index in [1.165, 1.54) is 23.5 Å². The highest BCUT2D eigenvalue weighted by Gasteiger charge is 2.26. The largest absolute Gasteiger partial charge is 0.345 e. The van der Waals surface area contributed by atoms with E-state index in [0.717, 1.165) is 29.4 Å². The van der Waals surface area contributed by atoms with E-state index in [2.05, 4.69) is 15.3 Å². The summed E-state index contributed by atoms with van der Waals surface area (Å²) in [6, 6.07) is -0.300. The van der Waals surface area contributed by atoms with Gasteiger partial charge in [-0.15, -0.1) is 0 Å². The fraction of sp³-hybridized carbons (Fsp3) is 0.545. The van der Waals surface area contributed by atoms with Crippen LogP contribution >= 0.6 is 23.5 Å². The SMILES string of the molecule is CCc1cnc(SCC(=O)N[C@@H]2CCSC2=O)[nH]1. The predicted octanol–water partition coefficient (Wildman–Crippen LogP) is 1.21. The number of imidazole rings is 1. The molecule has 0 bridgehead atoms. The van der Waals surface area contributed by atoms with E-state index < -0.39 is 0 Å². The summed E-state index contributed by atoms with van der Waals surface area (Å²) >= 11 is 2.64. The lowest BCUT2D eigenvalue weighted by atomic mass is 10.2. The monoisotopic (exact) mass is 285 g/mol. The molecule has 1 aliphatic heterocycles. The molecule has 0 aliphatic carbocycles. The number of hydrogen-bond donors (Lipinski definition) is 2. The molecule has 1 aromatic rings. The zero-order valence-corrected chi connectivity index (χ0v) is 11.7. The molecule has 0 saturated carbocycles. The normalized spacial score (nSPS) is 19.2. The highest BCUT2D eigenvalue weighted by molar-refractivity contribution is 8.14. The van der Waals surface area contributed by atoms with Gasteiger partial charge >= 0.3 is 0 Å². The van der Waals surface area contributed by atoms with Crippen molar-refractivity contribution in [2.45, 2.75) is 31.0 Å². The minimum absolute atomic E-state index is 0.0691. The molecule has 1 atom stereocenters. The lowest BCUT2D eigenvalue weighted by Gasteiger charge is -2.08. The van der Waals surface area contributed by atoms with E-state index >= 15 is 0 Å². The summed E-state index contributed by atoms with van der Waals surface area (Å²) in [4.78, 5) is 30.3. The summed E-state index contributed by atoms with van der Waals surface area (Å²) in [6.07, 6.45) is 3.41. The molecule has 2 N–H and O–H groups in total. The highest BCUT2D eigenvalue weighted by Crippen LogP contribution is 2.20. The van der Waals surface area contributed by atoms with Crippen molar-refractivity contribution in [1.82, 2.24) is 15.3 Å². The minimum Gasteiger partial charge on any atom is -0.345 e. The third-order valence-electron chi connectivity index (χ3n) is 2.60. The van der Waals surface area contributed by atoms with E-state index in [9.17, 15) is 9.59 Å². The average Bonchev–Trinajstić information content (AvgIpc) is 2.97. The smallest absolute Gasteiger partial charge is 0.231 e. The van der Waals surface area contributed by atoms with E-state index in [-0.39, 0.29) is 22.8 Å². The van der Waals surface area contributed by atoms with Crippen LogP contribution in [-0.2, 0) is 16.0 Å². The summed E-state index contributed by atoms with van der Waals surface area (Å²) in [6.45, 7) is 2.04. The second-order valence-corrected chi connectivity index (χ2v) is 6.00. The molecule has 5 nitrogen and oxygen atoms in total. The van der Waals surface area contributed by atoms with E-state index in [1.54, 1.807) is 6.20 Å². The molecule has 0 aromatic carbocycles. The number of amides is 1. The number of aromatic nitrogens is 2. The van der Waals surface area contributed by atoms with Crippen molar-refractivity contribution in [3.05, 3.63) is 11.9 Å². The predicted molar refractivity (Wildman–Crippen MR) is 72.7 cm³/mol. The van der Waals surface area contributed by atoms with E-state index in [4.69, 9.17) is 0 Å². The van der Waals surface area contributed by atoms with Crippen LogP contribution in [0.15, 0.2) is 11.4 Å². The van der Waals surface area contributed by atoms with Crippen molar-refractivity contribution in [1.29, 1.82) is 0 Å². The lowest BCUT2D eigenvalue weighted by Crippen LogP contribution is -2.38. The van der Waals surface area contributed by atoms with E-state index in [0.29, 0.717) is 0 Å². The van der Waals surface area contributed by atoms with Crippen LogP contribution in [0, 0.1) is 0 Å². The summed E-state index contributed by atoms with van der Waals surface area (Å²) in [5, 5.41) is 3.56. The Morgan fingerprint density at radius 1 is 1.72 bits per heavy atom. The van der Waals surface area contributed by atoms with Crippen molar-refractivity contribution in [2.75, 3.05) is 11.5 Å². The van der Waals surface area contributed by atoms with Gasteiger partial charge in [-0.2, -0.15) is 0 Å². The molecular weight excluding hydrogens is 270 g/mol. The zero-order valence-electron chi connectivity index (χ0n) is 10.1. The number of nitrogens with zero attached hydrogens (tertiary/aromatic N) is 1. The van der Waals surface area contributed by atoms with Gasteiger partial charge in [-0.25, -0.2) is 4.98 Å². The molecule has 0 unspecified atom stereocenters. The third kappa shape index (κ3) is 3.52. The standard InChI is InChI=1S/C11H15N3O2S2/c1-2-7-5-12-11(13-7)18-6-9(15)14-8-3-4-17-10(8)16/h5,8H,2-4,6H2,1H3,(H,12,13)(H,14,15)/t8-/m1/s1. The van der Waals surface area contributed by atoms with Crippen molar-refractivity contribution in [3.63, 3.8) is 0 Å². The van der Waals surface area contributed by atoms with Crippen molar-refractivity contribution >= 4 is 34.5 Å². The van der Waals surface area contributed by atoms with Gasteiger partial charge in [0.15, 0.2) is 5.16 Å². The molecule has 2 heterocycles. The fourth-order valence-electron chi connectivity index (χ4n) is 1.59. The van der Waals surface area contributed by atoms with Gasteiger partial charge in [0.2, 0.25) is 11.0 Å². The molecule has 7 heteroatoms. The quantitative estimate of drug-likeness (QED) is 0.796. The molecule has 0 spiro atoms. The molecule has 0 radical (unpaired) electrons. The topological polar surface area (TPSA) is 74.8 Å². The van der Waals surface area contributed by atoms with Gasteiger partial charge in [-0.3, -0.25) is 9.59 Å². The number of carbonyl (C=O) groups is 2. The van der Waals surface area contributed by atoms with Gasteiger partial charge in [0.1, 0.15) is 0 Å². The third-order valence-corrected chi connectivity index (χ3v) is 4.49. The van der Waals surface area contributed by atoms with Crippen molar-refractivity contribution in [2.24, 2.45) is 0 Å². The second kappa shape index (κ2) is 6.29. The molecular formula is C11H15N3O2S2. The number of aromatic amines is 1. The highest BCUT2D eigenvalue weighted by atomic mass is 32.2. The first-order valence-corrected chi connectivity index (χ1v) is 7.79. The van der Waals surface area contributed by atoms with Gasteiger partial charge in [-0.05, 0) is 12.8 Å². The van der Waals surface area contributed by atoms with Crippen LogP contribution in [0.3, 0.4) is 0 Å². The fourth-order valence-corrected chi connectivity index (χ4v) is 3.20. The Hall–Kier alpha value is -0.950. The zero-order chi connectivity index (χ0) is 13.0. The summed E-state index contributed by atoms with van der Waals surface area (Å²) in [5.74, 6) is 0.968. The van der Waals surface area contributed by atoms with Gasteiger partial charge in [0.25, 0.3) is 0 Å². The Labute approximate surface area is 114 Å². The van der Waals surface area contributed by atoms with Gasteiger partial charge in [-0.1, -0.05) is 30.4 Å². The molecule has 1 aromatic heterocycles. The number of aryl methyl sites for hydroxylation is 1. The summed E-state index contributed by atoms with van der Waals surface area (Å²) < 4.78 is 0. The molecule has 1 aliphatic rings. The molecule has 2 rings (SSSR count). The average molecular weight is 285 g/mol.